The monoisotopic (exact) mass is 208 g/mol. The van der Waals surface area contributed by atoms with Crippen molar-refractivity contribution in [3.63, 3.8) is 0 Å². The fourth-order valence-electron chi connectivity index (χ4n) is 0.863. The summed E-state index contributed by atoms with van der Waals surface area (Å²) < 4.78 is 13.1. The van der Waals surface area contributed by atoms with Gasteiger partial charge in [0, 0.05) is 5.56 Å². The predicted octanol–water partition coefficient (Wildman–Crippen LogP) is 3.19. The molecule has 1 aromatic carbocycles. The molecule has 1 rings (SSSR count). The fourth-order valence-corrected chi connectivity index (χ4v) is 1.18. The second kappa shape index (κ2) is 3.60. The normalized spacial score (nSPS) is 13.1. The van der Waals surface area contributed by atoms with E-state index in [2.05, 4.69) is 0 Å². The number of benzene rings is 1. The highest BCUT2D eigenvalue weighted by Crippen LogP contribution is 2.29. The Bertz CT molecular complexity index is 299. The molecule has 0 radical (unpaired) electrons. The summed E-state index contributed by atoms with van der Waals surface area (Å²) in [5, 5.41) is 9.09. The topological polar surface area (TPSA) is 20.2 Å². The van der Waals surface area contributed by atoms with Gasteiger partial charge in [-0.3, -0.25) is 0 Å². The molecule has 66 valence electrons. The number of aliphatic hydroxyl groups is 1. The molecule has 4 heteroatoms. The van der Waals surface area contributed by atoms with E-state index in [1.807, 2.05) is 0 Å². The van der Waals surface area contributed by atoms with Crippen LogP contribution in [0, 0.1) is 5.82 Å². The zero-order valence-corrected chi connectivity index (χ0v) is 7.83. The van der Waals surface area contributed by atoms with Gasteiger partial charge >= 0.3 is 0 Å². The first-order valence-electron chi connectivity index (χ1n) is 3.35. The van der Waals surface area contributed by atoms with Gasteiger partial charge in [-0.15, -0.1) is 0 Å². The van der Waals surface area contributed by atoms with Crippen LogP contribution < -0.4 is 0 Å². The molecule has 1 aromatic rings. The third-order valence-corrected chi connectivity index (χ3v) is 2.30. The highest BCUT2D eigenvalue weighted by molar-refractivity contribution is 6.42. The lowest BCUT2D eigenvalue weighted by atomic mass is 10.1. The molecule has 0 aliphatic heterocycles. The van der Waals surface area contributed by atoms with Crippen LogP contribution in [0.3, 0.4) is 0 Å². The fraction of sp³-hybridized carbons (Fsp3) is 0.250. The van der Waals surface area contributed by atoms with Crippen molar-refractivity contribution >= 4 is 23.2 Å². The molecule has 0 aromatic heterocycles. The molecular weight excluding hydrogens is 202 g/mol. The van der Waals surface area contributed by atoms with Gasteiger partial charge in [0.2, 0.25) is 0 Å². The van der Waals surface area contributed by atoms with Gasteiger partial charge in [-0.1, -0.05) is 29.3 Å². The molecule has 0 heterocycles. The lowest BCUT2D eigenvalue weighted by Crippen LogP contribution is -1.96. The molecule has 1 atom stereocenters. The maximum absolute atomic E-state index is 13.1. The molecule has 0 bridgehead atoms. The molecule has 12 heavy (non-hydrogen) atoms. The third kappa shape index (κ3) is 1.71. The molecule has 0 aliphatic rings. The smallest absolute Gasteiger partial charge is 0.149 e. The Morgan fingerprint density at radius 2 is 2.00 bits per heavy atom. The molecular formula is C8H7Cl2FO. The second-order valence-corrected chi connectivity index (χ2v) is 3.23. The Balaban J connectivity index is 3.27. The van der Waals surface area contributed by atoms with Crippen molar-refractivity contribution in [1.82, 2.24) is 0 Å². The SMILES string of the molecule is CC(O)c1ccc(Cl)c(Cl)c1F. The number of aliphatic hydroxyl groups excluding tert-OH is 1. The largest absolute Gasteiger partial charge is 0.389 e. The van der Waals surface area contributed by atoms with Gasteiger partial charge in [0.1, 0.15) is 5.82 Å². The minimum atomic E-state index is -0.875. The van der Waals surface area contributed by atoms with Gasteiger partial charge in [-0.25, -0.2) is 4.39 Å². The second-order valence-electron chi connectivity index (χ2n) is 2.44. The van der Waals surface area contributed by atoms with Crippen LogP contribution in [0.1, 0.15) is 18.6 Å². The highest BCUT2D eigenvalue weighted by Gasteiger charge is 2.13. The standard InChI is InChI=1S/C8H7Cl2FO/c1-4(12)5-2-3-6(9)7(10)8(5)11/h2-4,12H,1H3. The van der Waals surface area contributed by atoms with Gasteiger partial charge in [-0.05, 0) is 13.0 Å². The van der Waals surface area contributed by atoms with Crippen molar-refractivity contribution in [1.29, 1.82) is 0 Å². The molecule has 1 nitrogen and oxygen atoms in total. The molecule has 0 saturated carbocycles. The van der Waals surface area contributed by atoms with E-state index in [1.165, 1.54) is 19.1 Å². The van der Waals surface area contributed by atoms with Gasteiger partial charge in [0.15, 0.2) is 0 Å². The van der Waals surface area contributed by atoms with Crippen LogP contribution >= 0.6 is 23.2 Å². The Morgan fingerprint density at radius 1 is 1.42 bits per heavy atom. The zero-order valence-electron chi connectivity index (χ0n) is 6.31. The number of hydrogen-bond acceptors (Lipinski definition) is 1. The van der Waals surface area contributed by atoms with E-state index in [4.69, 9.17) is 28.3 Å². The van der Waals surface area contributed by atoms with Crippen LogP contribution in [0.2, 0.25) is 10.0 Å². The summed E-state index contributed by atoms with van der Waals surface area (Å²) >= 11 is 11.0. The predicted molar refractivity (Wildman–Crippen MR) is 47.1 cm³/mol. The van der Waals surface area contributed by atoms with E-state index in [-0.39, 0.29) is 15.6 Å². The van der Waals surface area contributed by atoms with Gasteiger partial charge in [0.05, 0.1) is 16.1 Å². The first-order chi connectivity index (χ1) is 5.54. The summed E-state index contributed by atoms with van der Waals surface area (Å²) in [7, 11) is 0. The van der Waals surface area contributed by atoms with E-state index in [1.54, 1.807) is 0 Å². The van der Waals surface area contributed by atoms with E-state index in [9.17, 15) is 4.39 Å². The number of halogens is 3. The Labute approximate surface area is 79.7 Å². The molecule has 0 aliphatic carbocycles. The van der Waals surface area contributed by atoms with Crippen molar-refractivity contribution in [2.45, 2.75) is 13.0 Å². The van der Waals surface area contributed by atoms with Crippen LogP contribution in [0.4, 0.5) is 4.39 Å². The summed E-state index contributed by atoms with van der Waals surface area (Å²) in [6.07, 6.45) is -0.875. The Hall–Kier alpha value is -0.310. The maximum Gasteiger partial charge on any atom is 0.149 e. The van der Waals surface area contributed by atoms with E-state index in [0.29, 0.717) is 0 Å². The van der Waals surface area contributed by atoms with Gasteiger partial charge in [-0.2, -0.15) is 0 Å². The molecule has 1 unspecified atom stereocenters. The highest BCUT2D eigenvalue weighted by atomic mass is 35.5. The summed E-state index contributed by atoms with van der Waals surface area (Å²) in [5.74, 6) is -0.654. The summed E-state index contributed by atoms with van der Waals surface area (Å²) in [4.78, 5) is 0. The van der Waals surface area contributed by atoms with Crippen LogP contribution in [-0.4, -0.2) is 5.11 Å². The van der Waals surface area contributed by atoms with Crippen LogP contribution in [0.5, 0.6) is 0 Å². The minimum absolute atomic E-state index is 0.143. The minimum Gasteiger partial charge on any atom is -0.389 e. The molecule has 0 saturated heterocycles. The average Bonchev–Trinajstić information content (AvgIpc) is 2.00. The van der Waals surface area contributed by atoms with E-state index >= 15 is 0 Å². The van der Waals surface area contributed by atoms with E-state index < -0.39 is 11.9 Å². The van der Waals surface area contributed by atoms with Crippen LogP contribution in [-0.2, 0) is 0 Å². The quantitative estimate of drug-likeness (QED) is 0.704. The third-order valence-electron chi connectivity index (χ3n) is 1.52. The maximum atomic E-state index is 13.1. The molecule has 1 N–H and O–H groups in total. The molecule has 0 fully saturated rings. The molecule has 0 amide bonds. The lowest BCUT2D eigenvalue weighted by molar-refractivity contribution is 0.194. The van der Waals surface area contributed by atoms with Crippen LogP contribution in [0.25, 0.3) is 0 Å². The first-order valence-corrected chi connectivity index (χ1v) is 4.11. The lowest BCUT2D eigenvalue weighted by Gasteiger charge is -2.07. The van der Waals surface area contributed by atoms with Gasteiger partial charge in [0.25, 0.3) is 0 Å². The van der Waals surface area contributed by atoms with Crippen LogP contribution in [0.15, 0.2) is 12.1 Å². The molecule has 0 spiro atoms. The van der Waals surface area contributed by atoms with Crippen molar-refractivity contribution in [3.8, 4) is 0 Å². The summed E-state index contributed by atoms with van der Waals surface area (Å²) in [5.41, 5.74) is 0.157. The van der Waals surface area contributed by atoms with Crippen molar-refractivity contribution < 1.29 is 9.50 Å². The summed E-state index contributed by atoms with van der Waals surface area (Å²) in [6.45, 7) is 1.46. The Kier molecular flexibility index (Phi) is 2.94. The van der Waals surface area contributed by atoms with Crippen molar-refractivity contribution in [2.75, 3.05) is 0 Å². The Morgan fingerprint density at radius 3 is 2.50 bits per heavy atom. The number of rotatable bonds is 1. The summed E-state index contributed by atoms with van der Waals surface area (Å²) in [6, 6.07) is 2.86. The zero-order chi connectivity index (χ0) is 9.30. The van der Waals surface area contributed by atoms with Crippen molar-refractivity contribution in [2.24, 2.45) is 0 Å². The first kappa shape index (κ1) is 9.78. The van der Waals surface area contributed by atoms with Gasteiger partial charge < -0.3 is 5.11 Å². The number of hydrogen-bond donors (Lipinski definition) is 1. The van der Waals surface area contributed by atoms with E-state index in [0.717, 1.165) is 0 Å². The average molecular weight is 209 g/mol. The van der Waals surface area contributed by atoms with Crippen molar-refractivity contribution in [3.05, 3.63) is 33.6 Å².